The molecule has 1 saturated heterocycles. The van der Waals surface area contributed by atoms with Gasteiger partial charge in [-0.2, -0.15) is 26.3 Å². The minimum absolute atomic E-state index is 0.0351. The second-order valence-corrected chi connectivity index (χ2v) is 7.03. The Balaban J connectivity index is 2.22. The second kappa shape index (κ2) is 6.16. The highest BCUT2D eigenvalue weighted by atomic mass is 19.4. The molecular weight excluding hydrogens is 324 g/mol. The molecule has 2 fully saturated rings. The zero-order chi connectivity index (χ0) is 17.5. The smallest absolute Gasteiger partial charge is 0.404 e. The lowest BCUT2D eigenvalue weighted by Gasteiger charge is -2.27. The second-order valence-electron chi connectivity index (χ2n) is 7.03. The van der Waals surface area contributed by atoms with Gasteiger partial charge in [0, 0.05) is 5.41 Å². The molecule has 0 aromatic heterocycles. The summed E-state index contributed by atoms with van der Waals surface area (Å²) >= 11 is 0. The molecule has 0 spiro atoms. The highest BCUT2D eigenvalue weighted by Gasteiger charge is 2.64. The molecule has 0 aromatic carbocycles. The topological polar surface area (TPSA) is 21.6 Å². The number of rotatable bonds is 2. The quantitative estimate of drug-likeness (QED) is 0.625. The molecule has 1 heterocycles. The molecule has 2 nitrogen and oxygen atoms in total. The fraction of sp³-hybridized carbons (Fsp3) is 0.933. The third kappa shape index (κ3) is 4.32. The summed E-state index contributed by atoms with van der Waals surface area (Å²) in [6, 6.07) is -0.0630. The highest BCUT2D eigenvalue weighted by Crippen LogP contribution is 2.48. The monoisotopic (exact) mass is 345 g/mol. The summed E-state index contributed by atoms with van der Waals surface area (Å²) in [6.45, 7) is 3.16. The van der Waals surface area contributed by atoms with E-state index in [-0.39, 0.29) is 18.4 Å². The molecule has 1 aliphatic heterocycles. The van der Waals surface area contributed by atoms with Crippen LogP contribution < -0.4 is 0 Å². The molecule has 23 heavy (non-hydrogen) atoms. The van der Waals surface area contributed by atoms with E-state index < -0.39 is 29.8 Å². The number of hydrogen-bond donors (Lipinski definition) is 0. The van der Waals surface area contributed by atoms with Crippen molar-refractivity contribution in [2.75, 3.05) is 0 Å². The molecule has 0 N–H and O–H groups in total. The van der Waals surface area contributed by atoms with Crippen molar-refractivity contribution in [3.05, 3.63) is 0 Å². The molecule has 1 atom stereocenters. The first-order valence-electron chi connectivity index (χ1n) is 7.79. The van der Waals surface area contributed by atoms with Gasteiger partial charge < -0.3 is 4.74 Å². The van der Waals surface area contributed by atoms with Gasteiger partial charge in [-0.3, -0.25) is 4.99 Å². The first-order chi connectivity index (χ1) is 10.4. The summed E-state index contributed by atoms with van der Waals surface area (Å²) in [5, 5.41) is 0. The van der Waals surface area contributed by atoms with E-state index >= 15 is 0 Å². The van der Waals surface area contributed by atoms with Crippen LogP contribution in [0.15, 0.2) is 4.99 Å². The van der Waals surface area contributed by atoms with Crippen LogP contribution in [0.4, 0.5) is 26.3 Å². The van der Waals surface area contributed by atoms with Crippen LogP contribution in [0, 0.1) is 11.3 Å². The lowest BCUT2D eigenvalue weighted by atomic mass is 9.85. The maximum absolute atomic E-state index is 12.9. The van der Waals surface area contributed by atoms with Gasteiger partial charge in [-0.1, -0.05) is 33.1 Å². The molecular formula is C15H21F6NO. The van der Waals surface area contributed by atoms with Crippen LogP contribution in [0.3, 0.4) is 0 Å². The van der Waals surface area contributed by atoms with E-state index in [4.69, 9.17) is 4.74 Å². The average Bonchev–Trinajstić information content (AvgIpc) is 2.61. The Morgan fingerprint density at radius 1 is 1.00 bits per heavy atom. The van der Waals surface area contributed by atoms with Crippen molar-refractivity contribution in [3.63, 3.8) is 0 Å². The number of ether oxygens (including phenoxy) is 1. The van der Waals surface area contributed by atoms with Gasteiger partial charge >= 0.3 is 12.4 Å². The van der Waals surface area contributed by atoms with Crippen LogP contribution in [-0.4, -0.2) is 30.4 Å². The molecule has 2 rings (SSSR count). The van der Waals surface area contributed by atoms with Gasteiger partial charge in [0.2, 0.25) is 0 Å². The summed E-state index contributed by atoms with van der Waals surface area (Å²) in [6.07, 6.45) is -8.46. The Hall–Kier alpha value is -0.950. The lowest BCUT2D eigenvalue weighted by molar-refractivity contribution is -0.303. The van der Waals surface area contributed by atoms with Crippen molar-refractivity contribution in [3.8, 4) is 0 Å². The van der Waals surface area contributed by atoms with Gasteiger partial charge in [0.1, 0.15) is 6.10 Å². The minimum Gasteiger partial charge on any atom is -0.476 e. The Morgan fingerprint density at radius 2 is 1.52 bits per heavy atom. The van der Waals surface area contributed by atoms with Crippen LogP contribution in [0.25, 0.3) is 0 Å². The number of nitrogens with zero attached hydrogens (tertiary/aromatic N) is 1. The lowest BCUT2D eigenvalue weighted by Crippen LogP contribution is -2.44. The predicted octanol–water partition coefficient (Wildman–Crippen LogP) is 5.27. The summed E-state index contributed by atoms with van der Waals surface area (Å²) in [4.78, 5) is 4.34. The van der Waals surface area contributed by atoms with Gasteiger partial charge in [-0.05, 0) is 19.3 Å². The van der Waals surface area contributed by atoms with Crippen molar-refractivity contribution in [2.45, 2.75) is 76.9 Å². The van der Waals surface area contributed by atoms with Crippen LogP contribution in [0.5, 0.6) is 0 Å². The van der Waals surface area contributed by atoms with E-state index in [0.717, 1.165) is 32.1 Å². The van der Waals surface area contributed by atoms with E-state index in [1.165, 1.54) is 0 Å². The first-order valence-corrected chi connectivity index (χ1v) is 7.79. The molecule has 1 unspecified atom stereocenters. The zero-order valence-corrected chi connectivity index (χ0v) is 13.1. The molecule has 1 aliphatic carbocycles. The zero-order valence-electron chi connectivity index (χ0n) is 13.1. The van der Waals surface area contributed by atoms with Crippen LogP contribution in [0.2, 0.25) is 0 Å². The standard InChI is InChI=1S/C15H21F6NO/c1-13(2)8-10(11(14(16,17)18)15(19,20)21)23-12(13)22-9-6-4-3-5-7-9/h9-11H,3-8H2,1-2H3. The summed E-state index contributed by atoms with van der Waals surface area (Å²) in [5.74, 6) is -3.44. The molecule has 0 amide bonds. The van der Waals surface area contributed by atoms with Gasteiger partial charge in [0.15, 0.2) is 11.8 Å². The molecule has 1 saturated carbocycles. The van der Waals surface area contributed by atoms with Crippen LogP contribution in [0.1, 0.15) is 52.4 Å². The van der Waals surface area contributed by atoms with E-state index in [2.05, 4.69) is 4.99 Å². The van der Waals surface area contributed by atoms with Gasteiger partial charge in [0.25, 0.3) is 0 Å². The van der Waals surface area contributed by atoms with Crippen molar-refractivity contribution >= 4 is 5.90 Å². The first kappa shape index (κ1) is 18.4. The van der Waals surface area contributed by atoms with Gasteiger partial charge in [-0.15, -0.1) is 0 Å². The third-order valence-electron chi connectivity index (χ3n) is 4.51. The van der Waals surface area contributed by atoms with Crippen molar-refractivity contribution < 1.29 is 31.1 Å². The summed E-state index contributed by atoms with van der Waals surface area (Å²) in [5.41, 5.74) is -0.920. The Bertz CT molecular complexity index is 434. The summed E-state index contributed by atoms with van der Waals surface area (Å²) < 4.78 is 82.3. The van der Waals surface area contributed by atoms with Crippen molar-refractivity contribution in [1.29, 1.82) is 0 Å². The SMILES string of the molecule is CC1(C)CC(C(C(F)(F)F)C(F)(F)F)OC1=NC1CCCCC1. The van der Waals surface area contributed by atoms with Gasteiger partial charge in [-0.25, -0.2) is 0 Å². The highest BCUT2D eigenvalue weighted by molar-refractivity contribution is 5.84. The summed E-state index contributed by atoms with van der Waals surface area (Å²) in [7, 11) is 0. The average molecular weight is 345 g/mol. The van der Waals surface area contributed by atoms with E-state index in [1.807, 2.05) is 0 Å². The van der Waals surface area contributed by atoms with Crippen LogP contribution in [-0.2, 0) is 4.74 Å². The Kier molecular flexibility index (Phi) is 4.93. The molecule has 8 heteroatoms. The predicted molar refractivity (Wildman–Crippen MR) is 73.2 cm³/mol. The van der Waals surface area contributed by atoms with E-state index in [9.17, 15) is 26.3 Å². The Labute approximate surface area is 131 Å². The normalized spacial score (nSPS) is 28.4. The fourth-order valence-electron chi connectivity index (χ4n) is 3.31. The number of hydrogen-bond acceptors (Lipinski definition) is 2. The molecule has 134 valence electrons. The largest absolute Gasteiger partial charge is 0.476 e. The molecule has 0 aromatic rings. The van der Waals surface area contributed by atoms with Crippen LogP contribution >= 0.6 is 0 Å². The number of halogens is 6. The Morgan fingerprint density at radius 3 is 2.00 bits per heavy atom. The van der Waals surface area contributed by atoms with E-state index in [1.54, 1.807) is 13.8 Å². The molecule has 0 bridgehead atoms. The van der Waals surface area contributed by atoms with Gasteiger partial charge in [0.05, 0.1) is 6.04 Å². The van der Waals surface area contributed by atoms with E-state index in [0.29, 0.717) is 0 Å². The molecule has 0 radical (unpaired) electrons. The fourth-order valence-corrected chi connectivity index (χ4v) is 3.31. The minimum atomic E-state index is -5.39. The van der Waals surface area contributed by atoms with Crippen molar-refractivity contribution in [1.82, 2.24) is 0 Å². The molecule has 2 aliphatic rings. The maximum atomic E-state index is 12.9. The number of alkyl halides is 6. The maximum Gasteiger partial charge on any atom is 0.404 e. The van der Waals surface area contributed by atoms with Crippen molar-refractivity contribution in [2.24, 2.45) is 16.3 Å². The number of aliphatic imine (C=N–C) groups is 1. The third-order valence-corrected chi connectivity index (χ3v) is 4.51.